The summed E-state index contributed by atoms with van der Waals surface area (Å²) in [6, 6.07) is 3.60. The van der Waals surface area contributed by atoms with Crippen molar-refractivity contribution in [2.24, 2.45) is 10.2 Å². The molecule has 1 aromatic rings. The molecule has 0 bridgehead atoms. The van der Waals surface area contributed by atoms with Gasteiger partial charge in [-0.3, -0.25) is 4.98 Å². The number of nitrogens with zero attached hydrogens (tertiary/aromatic N) is 3. The standard InChI is InChI=1S/C6H4ClN3/c7-6(9-10-6)5-1-3-8-4-2-5/h1-4H. The van der Waals surface area contributed by atoms with Gasteiger partial charge in [0.15, 0.2) is 0 Å². The van der Waals surface area contributed by atoms with E-state index >= 15 is 0 Å². The first-order valence-electron chi connectivity index (χ1n) is 2.85. The second kappa shape index (κ2) is 1.76. The monoisotopic (exact) mass is 153 g/mol. The maximum atomic E-state index is 5.81. The van der Waals surface area contributed by atoms with Crippen LogP contribution in [0, 0.1) is 0 Å². The van der Waals surface area contributed by atoms with Gasteiger partial charge in [-0.1, -0.05) is 11.6 Å². The molecule has 1 aliphatic heterocycles. The number of pyridine rings is 1. The van der Waals surface area contributed by atoms with Gasteiger partial charge in [-0.05, 0) is 12.1 Å². The van der Waals surface area contributed by atoms with Gasteiger partial charge in [0.05, 0.1) is 0 Å². The summed E-state index contributed by atoms with van der Waals surface area (Å²) in [6.07, 6.45) is 3.34. The molecule has 0 fully saturated rings. The third-order valence-electron chi connectivity index (χ3n) is 1.32. The highest BCUT2D eigenvalue weighted by molar-refractivity contribution is 6.24. The van der Waals surface area contributed by atoms with E-state index in [1.807, 2.05) is 0 Å². The second-order valence-electron chi connectivity index (χ2n) is 2.02. The molecule has 0 spiro atoms. The number of rotatable bonds is 1. The molecule has 0 radical (unpaired) electrons. The van der Waals surface area contributed by atoms with Crippen LogP contribution in [0.5, 0.6) is 0 Å². The molecule has 0 saturated heterocycles. The van der Waals surface area contributed by atoms with Gasteiger partial charge in [-0.25, -0.2) is 0 Å². The van der Waals surface area contributed by atoms with Crippen LogP contribution in [0.15, 0.2) is 34.8 Å². The van der Waals surface area contributed by atoms with Crippen LogP contribution < -0.4 is 0 Å². The Bertz CT molecular complexity index is 264. The molecular weight excluding hydrogens is 150 g/mol. The zero-order chi connectivity index (χ0) is 7.03. The van der Waals surface area contributed by atoms with Crippen molar-refractivity contribution in [2.45, 2.75) is 5.12 Å². The minimum atomic E-state index is -0.775. The van der Waals surface area contributed by atoms with Crippen LogP contribution >= 0.6 is 11.6 Å². The molecular formula is C6H4ClN3. The van der Waals surface area contributed by atoms with Crippen molar-refractivity contribution in [3.05, 3.63) is 30.1 Å². The molecule has 3 nitrogen and oxygen atoms in total. The molecule has 2 heterocycles. The molecule has 1 aromatic heterocycles. The Morgan fingerprint density at radius 1 is 1.20 bits per heavy atom. The maximum Gasteiger partial charge on any atom is 0.289 e. The summed E-state index contributed by atoms with van der Waals surface area (Å²) in [7, 11) is 0. The number of aromatic nitrogens is 1. The van der Waals surface area contributed by atoms with Gasteiger partial charge >= 0.3 is 0 Å². The SMILES string of the molecule is ClC1(c2ccncc2)N=N1. The zero-order valence-electron chi connectivity index (χ0n) is 5.03. The van der Waals surface area contributed by atoms with E-state index in [0.717, 1.165) is 5.56 Å². The van der Waals surface area contributed by atoms with E-state index < -0.39 is 5.12 Å². The van der Waals surface area contributed by atoms with E-state index in [1.54, 1.807) is 24.5 Å². The van der Waals surface area contributed by atoms with Crippen LogP contribution in [0.3, 0.4) is 0 Å². The topological polar surface area (TPSA) is 37.6 Å². The summed E-state index contributed by atoms with van der Waals surface area (Å²) in [5.41, 5.74) is 0.879. The van der Waals surface area contributed by atoms with Crippen LogP contribution in [-0.4, -0.2) is 4.98 Å². The number of hydrogen-bond acceptors (Lipinski definition) is 3. The Kier molecular flexibility index (Phi) is 1.02. The van der Waals surface area contributed by atoms with Gasteiger partial charge in [-0.15, -0.1) is 10.2 Å². The molecule has 10 heavy (non-hydrogen) atoms. The van der Waals surface area contributed by atoms with Gasteiger partial charge in [0.2, 0.25) is 0 Å². The predicted octanol–water partition coefficient (Wildman–Crippen LogP) is 1.90. The first-order valence-corrected chi connectivity index (χ1v) is 3.22. The Labute approximate surface area is 62.8 Å². The molecule has 2 rings (SSSR count). The predicted molar refractivity (Wildman–Crippen MR) is 36.6 cm³/mol. The highest BCUT2D eigenvalue weighted by atomic mass is 35.5. The van der Waals surface area contributed by atoms with Gasteiger partial charge in [0, 0.05) is 18.0 Å². The molecule has 0 aliphatic carbocycles. The fraction of sp³-hybridized carbons (Fsp3) is 0.167. The zero-order valence-corrected chi connectivity index (χ0v) is 5.78. The summed E-state index contributed by atoms with van der Waals surface area (Å²) < 4.78 is 0. The molecule has 50 valence electrons. The number of halogens is 1. The molecule has 1 aliphatic rings. The van der Waals surface area contributed by atoms with Gasteiger partial charge in [0.25, 0.3) is 5.12 Å². The summed E-state index contributed by atoms with van der Waals surface area (Å²) in [5.74, 6) is 0. The minimum absolute atomic E-state index is 0.775. The lowest BCUT2D eigenvalue weighted by molar-refractivity contribution is 0.934. The fourth-order valence-corrected chi connectivity index (χ4v) is 0.887. The van der Waals surface area contributed by atoms with Crippen molar-refractivity contribution in [3.8, 4) is 0 Å². The third kappa shape index (κ3) is 0.789. The summed E-state index contributed by atoms with van der Waals surface area (Å²) in [6.45, 7) is 0. The van der Waals surface area contributed by atoms with Crippen LogP contribution in [0.1, 0.15) is 5.56 Å². The molecule has 0 aromatic carbocycles. The number of hydrogen-bond donors (Lipinski definition) is 0. The molecule has 0 atom stereocenters. The van der Waals surface area contributed by atoms with Crippen molar-refractivity contribution in [2.75, 3.05) is 0 Å². The first-order chi connectivity index (χ1) is 4.81. The van der Waals surface area contributed by atoms with E-state index in [-0.39, 0.29) is 0 Å². The fourth-order valence-electron chi connectivity index (χ4n) is 0.723. The lowest BCUT2D eigenvalue weighted by atomic mass is 10.2. The van der Waals surface area contributed by atoms with Gasteiger partial charge in [0.1, 0.15) is 0 Å². The van der Waals surface area contributed by atoms with Crippen molar-refractivity contribution in [1.82, 2.24) is 4.98 Å². The van der Waals surface area contributed by atoms with Gasteiger partial charge in [-0.2, -0.15) is 0 Å². The summed E-state index contributed by atoms with van der Waals surface area (Å²) >= 11 is 5.81. The Balaban J connectivity index is 2.36. The lowest BCUT2D eigenvalue weighted by Gasteiger charge is -1.97. The summed E-state index contributed by atoms with van der Waals surface area (Å²) in [4.78, 5) is 3.84. The smallest absolute Gasteiger partial charge is 0.265 e. The molecule has 4 heteroatoms. The van der Waals surface area contributed by atoms with Crippen LogP contribution in [0.2, 0.25) is 0 Å². The van der Waals surface area contributed by atoms with E-state index in [0.29, 0.717) is 0 Å². The van der Waals surface area contributed by atoms with Crippen molar-refractivity contribution in [3.63, 3.8) is 0 Å². The molecule has 0 unspecified atom stereocenters. The van der Waals surface area contributed by atoms with Crippen LogP contribution in [0.25, 0.3) is 0 Å². The molecule has 0 amide bonds. The number of alkyl halides is 1. The largest absolute Gasteiger partial charge is 0.289 e. The van der Waals surface area contributed by atoms with Crippen molar-refractivity contribution in [1.29, 1.82) is 0 Å². The van der Waals surface area contributed by atoms with E-state index in [9.17, 15) is 0 Å². The second-order valence-corrected chi connectivity index (χ2v) is 2.55. The van der Waals surface area contributed by atoms with Gasteiger partial charge < -0.3 is 0 Å². The van der Waals surface area contributed by atoms with E-state index in [2.05, 4.69) is 15.2 Å². The Hall–Kier alpha value is -0.960. The van der Waals surface area contributed by atoms with Crippen LogP contribution in [0.4, 0.5) is 0 Å². The Morgan fingerprint density at radius 2 is 1.80 bits per heavy atom. The average molecular weight is 154 g/mol. The summed E-state index contributed by atoms with van der Waals surface area (Å²) in [5, 5.41) is 6.56. The highest BCUT2D eigenvalue weighted by Crippen LogP contribution is 2.42. The third-order valence-corrected chi connectivity index (χ3v) is 1.69. The van der Waals surface area contributed by atoms with E-state index in [1.165, 1.54) is 0 Å². The Morgan fingerprint density at radius 3 is 2.30 bits per heavy atom. The normalized spacial score (nSPS) is 18.9. The first kappa shape index (κ1) is 5.80. The molecule has 0 N–H and O–H groups in total. The average Bonchev–Trinajstić information content (AvgIpc) is 2.72. The molecule has 0 saturated carbocycles. The minimum Gasteiger partial charge on any atom is -0.265 e. The maximum absolute atomic E-state index is 5.81. The van der Waals surface area contributed by atoms with Crippen molar-refractivity contribution >= 4 is 11.6 Å². The van der Waals surface area contributed by atoms with Crippen LogP contribution in [-0.2, 0) is 5.12 Å². The lowest BCUT2D eigenvalue weighted by Crippen LogP contribution is -1.96. The quantitative estimate of drug-likeness (QED) is 0.449. The van der Waals surface area contributed by atoms with E-state index in [4.69, 9.17) is 11.6 Å². The van der Waals surface area contributed by atoms with Crippen molar-refractivity contribution < 1.29 is 0 Å². The highest BCUT2D eigenvalue weighted by Gasteiger charge is 2.39.